The number of nitrogens with zero attached hydrogens (tertiary/aromatic N) is 1. The maximum Gasteiger partial charge on any atom is 0.163 e. The summed E-state index contributed by atoms with van der Waals surface area (Å²) >= 11 is 0. The Morgan fingerprint density at radius 1 is 1.33 bits per heavy atom. The number of rotatable bonds is 7. The zero-order valence-electron chi connectivity index (χ0n) is 10.2. The largest absolute Gasteiger partial charge is 1.00 e. The molecular weight excluding hydrogens is 305 g/mol. The monoisotopic (exact) mass is 327 g/mol. The average Bonchev–Trinajstić information content (AvgIpc) is 2.11. The van der Waals surface area contributed by atoms with E-state index in [4.69, 9.17) is 4.74 Å². The first-order valence-electron chi connectivity index (χ1n) is 4.89. The van der Waals surface area contributed by atoms with Crippen LogP contribution in [0, 0.1) is 0 Å². The molecule has 0 spiro atoms. The number of halogens is 1. The van der Waals surface area contributed by atoms with Crippen LogP contribution >= 0.6 is 0 Å². The third kappa shape index (κ3) is 9.02. The number of Topliss-reactive ketones (excluding diaryl/α,β-unsaturated/α-hetero) is 1. The summed E-state index contributed by atoms with van der Waals surface area (Å²) in [4.78, 5) is 11.3. The molecule has 0 aliphatic rings. The summed E-state index contributed by atoms with van der Waals surface area (Å²) in [5.41, 5.74) is 0.650. The maximum atomic E-state index is 11.3. The normalized spacial score (nSPS) is 10.7. The summed E-state index contributed by atoms with van der Waals surface area (Å²) < 4.78 is 5.83. The van der Waals surface area contributed by atoms with Gasteiger partial charge in [0.15, 0.2) is 5.78 Å². The van der Waals surface area contributed by atoms with Gasteiger partial charge in [0.2, 0.25) is 0 Å². The Kier molecular flexibility index (Phi) is 9.59. The Morgan fingerprint density at radius 3 is 2.27 bits per heavy atom. The third-order valence-electron chi connectivity index (χ3n) is 2.32. The van der Waals surface area contributed by atoms with Crippen LogP contribution in [0.4, 0.5) is 0 Å². The predicted octanol–water partition coefficient (Wildman–Crippen LogP) is -1.75. The van der Waals surface area contributed by atoms with E-state index in [1.165, 1.54) is 0 Å². The molecule has 0 aromatic rings. The molecule has 0 unspecified atom stereocenters. The molecule has 0 N–H and O–H groups in total. The van der Waals surface area contributed by atoms with Crippen LogP contribution in [-0.2, 0) is 9.53 Å². The molecule has 3 nitrogen and oxygen atoms in total. The molecule has 0 saturated heterocycles. The number of hydrogen-bond acceptors (Lipinski definition) is 2. The van der Waals surface area contributed by atoms with Crippen molar-refractivity contribution in [2.45, 2.75) is 13.3 Å². The third-order valence-corrected chi connectivity index (χ3v) is 2.32. The summed E-state index contributed by atoms with van der Waals surface area (Å²) in [5, 5.41) is 0. The lowest BCUT2D eigenvalue weighted by molar-refractivity contribution is -0.890. The molecule has 0 aliphatic heterocycles. The second-order valence-electron chi connectivity index (χ2n) is 4.33. The molecule has 0 amide bonds. The van der Waals surface area contributed by atoms with Crippen molar-refractivity contribution in [3.8, 4) is 0 Å². The smallest absolute Gasteiger partial charge is 0.163 e. The van der Waals surface area contributed by atoms with Crippen molar-refractivity contribution in [2.75, 3.05) is 40.9 Å². The molecule has 0 aromatic heterocycles. The van der Waals surface area contributed by atoms with E-state index in [2.05, 4.69) is 20.7 Å². The SMILES string of the molecule is C=C(C)C(=O)CC[N+](C)(C)CCOC.[I-]. The first kappa shape index (κ1) is 17.5. The summed E-state index contributed by atoms with van der Waals surface area (Å²) in [7, 11) is 5.90. The molecule has 0 rings (SSSR count). The van der Waals surface area contributed by atoms with Crippen molar-refractivity contribution in [2.24, 2.45) is 0 Å². The zero-order valence-corrected chi connectivity index (χ0v) is 12.3. The average molecular weight is 327 g/mol. The molecule has 0 aromatic carbocycles. The fourth-order valence-corrected chi connectivity index (χ4v) is 1.07. The number of quaternary nitrogens is 1. The van der Waals surface area contributed by atoms with Gasteiger partial charge in [0.05, 0.1) is 33.7 Å². The first-order valence-corrected chi connectivity index (χ1v) is 4.89. The highest BCUT2D eigenvalue weighted by atomic mass is 127. The number of methoxy groups -OCH3 is 1. The van der Waals surface area contributed by atoms with Gasteiger partial charge in [-0.25, -0.2) is 0 Å². The van der Waals surface area contributed by atoms with Crippen molar-refractivity contribution in [3.63, 3.8) is 0 Å². The Morgan fingerprint density at radius 2 is 1.87 bits per heavy atom. The highest BCUT2D eigenvalue weighted by Crippen LogP contribution is 2.03. The van der Waals surface area contributed by atoms with Crippen LogP contribution in [0.2, 0.25) is 0 Å². The lowest BCUT2D eigenvalue weighted by atomic mass is 10.1. The highest BCUT2D eigenvalue weighted by molar-refractivity contribution is 5.94. The van der Waals surface area contributed by atoms with Gasteiger partial charge >= 0.3 is 0 Å². The van der Waals surface area contributed by atoms with Gasteiger partial charge in [0, 0.05) is 7.11 Å². The van der Waals surface area contributed by atoms with Crippen LogP contribution in [0.1, 0.15) is 13.3 Å². The fraction of sp³-hybridized carbons (Fsp3) is 0.727. The molecular formula is C11H22INO2. The van der Waals surface area contributed by atoms with Crippen LogP contribution in [-0.4, -0.2) is 51.2 Å². The Bertz CT molecular complexity index is 215. The summed E-state index contributed by atoms with van der Waals surface area (Å²) in [5.74, 6) is 0.161. The number of ether oxygens (including phenoxy) is 1. The standard InChI is InChI=1S/C11H22NO2.HI/c1-10(2)11(13)6-7-12(3,4)8-9-14-5;/h1,6-9H2,2-5H3;1H/q+1;/p-1. The van der Waals surface area contributed by atoms with Crippen LogP contribution in [0.5, 0.6) is 0 Å². The van der Waals surface area contributed by atoms with E-state index < -0.39 is 0 Å². The van der Waals surface area contributed by atoms with E-state index in [9.17, 15) is 4.79 Å². The maximum absolute atomic E-state index is 11.3. The quantitative estimate of drug-likeness (QED) is 0.315. The van der Waals surface area contributed by atoms with E-state index >= 15 is 0 Å². The molecule has 0 heterocycles. The second-order valence-corrected chi connectivity index (χ2v) is 4.33. The van der Waals surface area contributed by atoms with Gasteiger partial charge in [0.25, 0.3) is 0 Å². The summed E-state index contributed by atoms with van der Waals surface area (Å²) in [6.45, 7) is 7.90. The topological polar surface area (TPSA) is 26.3 Å². The van der Waals surface area contributed by atoms with Crippen molar-refractivity contribution < 1.29 is 38.0 Å². The van der Waals surface area contributed by atoms with Gasteiger partial charge < -0.3 is 33.2 Å². The van der Waals surface area contributed by atoms with Crippen LogP contribution < -0.4 is 24.0 Å². The molecule has 0 saturated carbocycles. The lowest BCUT2D eigenvalue weighted by Crippen LogP contribution is -3.00. The first-order chi connectivity index (χ1) is 6.39. The number of carbonyl (C=O) groups is 1. The number of allylic oxidation sites excluding steroid dienone is 1. The van der Waals surface area contributed by atoms with E-state index in [0.29, 0.717) is 12.0 Å². The van der Waals surface area contributed by atoms with Crippen molar-refractivity contribution in [1.82, 2.24) is 0 Å². The minimum atomic E-state index is 0. The zero-order chi connectivity index (χ0) is 11.2. The predicted molar refractivity (Wildman–Crippen MR) is 58.2 cm³/mol. The molecule has 0 atom stereocenters. The van der Waals surface area contributed by atoms with Gasteiger partial charge in [-0.3, -0.25) is 4.79 Å². The molecule has 90 valence electrons. The van der Waals surface area contributed by atoms with Crippen LogP contribution in [0.3, 0.4) is 0 Å². The van der Waals surface area contributed by atoms with Gasteiger partial charge in [-0.15, -0.1) is 0 Å². The number of hydrogen-bond donors (Lipinski definition) is 0. The molecule has 0 radical (unpaired) electrons. The van der Waals surface area contributed by atoms with E-state index in [1.807, 2.05) is 0 Å². The number of likely N-dealkylation sites (N-methyl/N-ethyl adjacent to an activating group) is 1. The molecule has 0 bridgehead atoms. The molecule has 0 aliphatic carbocycles. The summed E-state index contributed by atoms with van der Waals surface area (Å²) in [6, 6.07) is 0. The second kappa shape index (κ2) is 8.24. The van der Waals surface area contributed by atoms with Gasteiger partial charge in [-0.2, -0.15) is 0 Å². The van der Waals surface area contributed by atoms with Crippen molar-refractivity contribution in [1.29, 1.82) is 0 Å². The minimum Gasteiger partial charge on any atom is -1.00 e. The fourth-order valence-electron chi connectivity index (χ4n) is 1.07. The van der Waals surface area contributed by atoms with Crippen molar-refractivity contribution in [3.05, 3.63) is 12.2 Å². The molecule has 0 fully saturated rings. The van der Waals surface area contributed by atoms with E-state index in [1.54, 1.807) is 14.0 Å². The highest BCUT2D eigenvalue weighted by Gasteiger charge is 2.16. The minimum absolute atomic E-state index is 0. The Balaban J connectivity index is 0. The number of carbonyl (C=O) groups excluding carboxylic acids is 1. The van der Waals surface area contributed by atoms with Gasteiger partial charge in [0.1, 0.15) is 6.54 Å². The molecule has 15 heavy (non-hydrogen) atoms. The van der Waals surface area contributed by atoms with Crippen LogP contribution in [0.15, 0.2) is 12.2 Å². The summed E-state index contributed by atoms with van der Waals surface area (Å²) in [6.07, 6.45) is 0.575. The van der Waals surface area contributed by atoms with E-state index in [0.717, 1.165) is 24.2 Å². The number of ketones is 1. The van der Waals surface area contributed by atoms with E-state index in [-0.39, 0.29) is 29.8 Å². The lowest BCUT2D eigenvalue weighted by Gasteiger charge is -2.29. The van der Waals surface area contributed by atoms with Crippen molar-refractivity contribution >= 4 is 5.78 Å². The van der Waals surface area contributed by atoms with Gasteiger partial charge in [-0.05, 0) is 12.5 Å². The van der Waals surface area contributed by atoms with Crippen LogP contribution in [0.25, 0.3) is 0 Å². The Labute approximate surface area is 110 Å². The molecule has 4 heteroatoms. The Hall–Kier alpha value is 0.0600. The van der Waals surface area contributed by atoms with Gasteiger partial charge in [-0.1, -0.05) is 6.58 Å².